The Balaban J connectivity index is 2.06. The molecule has 4 atom stereocenters. The molecule has 3 nitrogen and oxygen atoms in total. The van der Waals surface area contributed by atoms with Gasteiger partial charge in [0.15, 0.2) is 5.78 Å². The lowest BCUT2D eigenvalue weighted by atomic mass is 9.43. The molecular formula is C21H33BNO2P. The topological polar surface area (TPSA) is 46.2 Å². The maximum Gasteiger partial charge on any atom is 0.223 e. The standard InChI is InChI=1S/C21H33BNO2P/c1-15(14-26)21(25)23-19(12-16-7-5-4-6-8-16)20(24)13-18(22(2)3)11-17-9-10-17/h4-8,15,17-19H,9-14,26H2,1-3H3,(H,23,25). The second kappa shape index (κ2) is 10.3. The molecule has 1 saturated carbocycles. The van der Waals surface area contributed by atoms with Crippen LogP contribution in [0, 0.1) is 11.8 Å². The van der Waals surface area contributed by atoms with Gasteiger partial charge in [0.25, 0.3) is 0 Å². The van der Waals surface area contributed by atoms with Gasteiger partial charge in [-0.15, -0.1) is 9.24 Å². The average molecular weight is 373 g/mol. The van der Waals surface area contributed by atoms with Crippen LogP contribution in [0.2, 0.25) is 19.5 Å². The Morgan fingerprint density at radius 2 is 1.88 bits per heavy atom. The van der Waals surface area contributed by atoms with Crippen molar-refractivity contribution >= 4 is 27.6 Å². The van der Waals surface area contributed by atoms with Crippen molar-refractivity contribution < 1.29 is 9.59 Å². The first-order chi connectivity index (χ1) is 12.4. The van der Waals surface area contributed by atoms with Gasteiger partial charge in [-0.2, -0.15) is 0 Å². The molecule has 1 amide bonds. The molecule has 1 aliphatic rings. The molecule has 1 aromatic rings. The average Bonchev–Trinajstić information content (AvgIpc) is 3.44. The van der Waals surface area contributed by atoms with E-state index in [9.17, 15) is 9.59 Å². The lowest BCUT2D eigenvalue weighted by molar-refractivity contribution is -0.129. The van der Waals surface area contributed by atoms with E-state index in [1.807, 2.05) is 37.3 Å². The van der Waals surface area contributed by atoms with Crippen LogP contribution in [0.3, 0.4) is 0 Å². The lowest BCUT2D eigenvalue weighted by Crippen LogP contribution is -2.45. The molecule has 0 heterocycles. The minimum atomic E-state index is -0.427. The van der Waals surface area contributed by atoms with Gasteiger partial charge in [0.1, 0.15) is 6.71 Å². The summed E-state index contributed by atoms with van der Waals surface area (Å²) in [7, 11) is 2.60. The molecule has 4 unspecified atom stereocenters. The van der Waals surface area contributed by atoms with Crippen molar-refractivity contribution in [2.45, 2.75) is 64.5 Å². The molecule has 0 spiro atoms. The van der Waals surface area contributed by atoms with E-state index in [2.05, 4.69) is 28.2 Å². The van der Waals surface area contributed by atoms with Crippen molar-refractivity contribution in [2.24, 2.45) is 11.8 Å². The molecule has 0 saturated heterocycles. The van der Waals surface area contributed by atoms with Crippen LogP contribution in [0.4, 0.5) is 0 Å². The van der Waals surface area contributed by atoms with Crippen LogP contribution in [0.5, 0.6) is 0 Å². The SMILES string of the molecule is CB(C)C(CC(=O)C(Cc1ccccc1)NC(=O)C(C)CP)CC1CC1. The van der Waals surface area contributed by atoms with Gasteiger partial charge in [0.2, 0.25) is 5.91 Å². The highest BCUT2D eigenvalue weighted by Crippen LogP contribution is 2.39. The third-order valence-corrected chi connectivity index (χ3v) is 6.24. The number of hydrogen-bond acceptors (Lipinski definition) is 2. The summed E-state index contributed by atoms with van der Waals surface area (Å²) in [6.07, 6.45) is 5.62. The number of ketones is 1. The first-order valence-corrected chi connectivity index (χ1v) is 10.8. The number of nitrogens with one attached hydrogen (secondary N) is 1. The van der Waals surface area contributed by atoms with Crippen molar-refractivity contribution in [3.05, 3.63) is 35.9 Å². The number of Topliss-reactive ketones (excluding diaryl/α,β-unsaturated/α-hetero) is 1. The monoisotopic (exact) mass is 373 g/mol. The summed E-state index contributed by atoms with van der Waals surface area (Å²) in [4.78, 5) is 25.5. The molecule has 142 valence electrons. The summed E-state index contributed by atoms with van der Waals surface area (Å²) in [6, 6.07) is 9.55. The molecule has 1 N–H and O–H groups in total. The van der Waals surface area contributed by atoms with Crippen LogP contribution < -0.4 is 5.32 Å². The Labute approximate surface area is 161 Å². The molecule has 0 bridgehead atoms. The van der Waals surface area contributed by atoms with Gasteiger partial charge in [-0.1, -0.05) is 76.0 Å². The highest BCUT2D eigenvalue weighted by Gasteiger charge is 2.31. The Kier molecular flexibility index (Phi) is 8.35. The molecular weight excluding hydrogens is 340 g/mol. The minimum Gasteiger partial charge on any atom is -0.346 e. The number of carbonyl (C=O) groups excluding carboxylic acids is 2. The lowest BCUT2D eigenvalue weighted by Gasteiger charge is -2.24. The van der Waals surface area contributed by atoms with Crippen LogP contribution in [0.25, 0.3) is 0 Å². The van der Waals surface area contributed by atoms with Crippen LogP contribution >= 0.6 is 9.24 Å². The largest absolute Gasteiger partial charge is 0.346 e. The van der Waals surface area contributed by atoms with Crippen molar-refractivity contribution in [3.63, 3.8) is 0 Å². The van der Waals surface area contributed by atoms with E-state index in [1.54, 1.807) is 0 Å². The Morgan fingerprint density at radius 3 is 2.42 bits per heavy atom. The summed E-state index contributed by atoms with van der Waals surface area (Å²) in [6.45, 7) is 6.82. The third kappa shape index (κ3) is 6.87. The van der Waals surface area contributed by atoms with Crippen LogP contribution in [0.1, 0.15) is 38.2 Å². The number of hydrogen-bond donors (Lipinski definition) is 1. The fourth-order valence-electron chi connectivity index (χ4n) is 3.29. The van der Waals surface area contributed by atoms with Crippen molar-refractivity contribution in [3.8, 4) is 0 Å². The molecule has 1 fully saturated rings. The Hall–Kier alpha value is -1.15. The van der Waals surface area contributed by atoms with Crippen molar-refractivity contribution in [1.82, 2.24) is 5.32 Å². The minimum absolute atomic E-state index is 0.0300. The molecule has 0 aliphatic heterocycles. The van der Waals surface area contributed by atoms with Gasteiger partial charge in [-0.3, -0.25) is 9.59 Å². The summed E-state index contributed by atoms with van der Waals surface area (Å²) in [5, 5.41) is 3.03. The first-order valence-electron chi connectivity index (χ1n) is 9.97. The summed E-state index contributed by atoms with van der Waals surface area (Å²) >= 11 is 0. The maximum absolute atomic E-state index is 13.1. The summed E-state index contributed by atoms with van der Waals surface area (Å²) in [5.74, 6) is 1.28. The van der Waals surface area contributed by atoms with Gasteiger partial charge >= 0.3 is 0 Å². The quantitative estimate of drug-likeness (QED) is 0.469. The van der Waals surface area contributed by atoms with E-state index in [-0.39, 0.29) is 17.6 Å². The molecule has 1 aromatic carbocycles. The van der Waals surface area contributed by atoms with Crippen molar-refractivity contribution in [2.75, 3.05) is 6.16 Å². The zero-order valence-electron chi connectivity index (χ0n) is 16.4. The first kappa shape index (κ1) is 21.2. The van der Waals surface area contributed by atoms with E-state index in [4.69, 9.17) is 0 Å². The zero-order chi connectivity index (χ0) is 19.1. The van der Waals surface area contributed by atoms with E-state index < -0.39 is 6.04 Å². The predicted molar refractivity (Wildman–Crippen MR) is 114 cm³/mol. The van der Waals surface area contributed by atoms with Gasteiger partial charge in [0, 0.05) is 12.3 Å². The number of rotatable bonds is 11. The zero-order valence-corrected chi connectivity index (χ0v) is 17.6. The second-order valence-corrected chi connectivity index (χ2v) is 8.71. The van der Waals surface area contributed by atoms with Gasteiger partial charge in [-0.05, 0) is 24.1 Å². The molecule has 0 aromatic heterocycles. The number of benzene rings is 1. The normalized spacial score (nSPS) is 17.2. The van der Waals surface area contributed by atoms with Gasteiger partial charge in [-0.25, -0.2) is 0 Å². The highest BCUT2D eigenvalue weighted by molar-refractivity contribution is 7.16. The Morgan fingerprint density at radius 1 is 1.23 bits per heavy atom. The molecule has 26 heavy (non-hydrogen) atoms. The summed E-state index contributed by atoms with van der Waals surface area (Å²) < 4.78 is 0. The van der Waals surface area contributed by atoms with E-state index in [0.717, 1.165) is 17.9 Å². The van der Waals surface area contributed by atoms with E-state index >= 15 is 0 Å². The molecule has 5 heteroatoms. The van der Waals surface area contributed by atoms with Crippen LogP contribution in [-0.4, -0.2) is 30.6 Å². The maximum atomic E-state index is 13.1. The second-order valence-electron chi connectivity index (χ2n) is 8.24. The fraction of sp³-hybridized carbons (Fsp3) is 0.619. The van der Waals surface area contributed by atoms with Crippen molar-refractivity contribution in [1.29, 1.82) is 0 Å². The molecule has 2 rings (SSSR count). The van der Waals surface area contributed by atoms with Gasteiger partial charge < -0.3 is 5.32 Å². The molecule has 0 radical (unpaired) electrons. The predicted octanol–water partition coefficient (Wildman–Crippen LogP) is 4.11. The van der Waals surface area contributed by atoms with Crippen LogP contribution in [0.15, 0.2) is 30.3 Å². The number of carbonyl (C=O) groups is 2. The smallest absolute Gasteiger partial charge is 0.223 e. The van der Waals surface area contributed by atoms with E-state index in [0.29, 0.717) is 31.5 Å². The third-order valence-electron chi connectivity index (χ3n) is 5.53. The fourth-order valence-corrected chi connectivity index (χ4v) is 3.50. The summed E-state index contributed by atoms with van der Waals surface area (Å²) in [5.41, 5.74) is 1.09. The Bertz CT molecular complexity index is 589. The number of amides is 1. The van der Waals surface area contributed by atoms with Crippen LogP contribution in [-0.2, 0) is 16.0 Å². The highest BCUT2D eigenvalue weighted by atomic mass is 31.0. The molecule has 1 aliphatic carbocycles. The van der Waals surface area contributed by atoms with E-state index in [1.165, 1.54) is 12.8 Å². The van der Waals surface area contributed by atoms with Gasteiger partial charge in [0.05, 0.1) is 6.04 Å².